The van der Waals surface area contributed by atoms with Crippen LogP contribution in [0.1, 0.15) is 47.0 Å². The summed E-state index contributed by atoms with van der Waals surface area (Å²) in [6.07, 6.45) is 4.21. The van der Waals surface area contributed by atoms with Crippen LogP contribution in [0.25, 0.3) is 0 Å². The molecule has 4 fully saturated rings. The predicted molar refractivity (Wildman–Crippen MR) is 120 cm³/mol. The molecule has 2 unspecified atom stereocenters. The molecular formula is C27H34O7. The number of carbonyl (C=O) groups is 3. The molecule has 0 aromatic carbocycles. The number of hydrogen-bond acceptors (Lipinski definition) is 7. The molecule has 3 saturated heterocycles. The van der Waals surface area contributed by atoms with E-state index in [0.29, 0.717) is 11.8 Å². The molecule has 7 heteroatoms. The van der Waals surface area contributed by atoms with Crippen molar-refractivity contribution in [2.24, 2.45) is 39.9 Å². The van der Waals surface area contributed by atoms with Gasteiger partial charge in [0.15, 0.2) is 5.78 Å². The highest BCUT2D eigenvalue weighted by molar-refractivity contribution is 6.00. The topological polar surface area (TPSA) is 88.1 Å². The molecule has 7 nitrogen and oxygen atoms in total. The van der Waals surface area contributed by atoms with Gasteiger partial charge in [-0.25, -0.2) is 0 Å². The van der Waals surface area contributed by atoms with E-state index in [2.05, 4.69) is 13.8 Å². The van der Waals surface area contributed by atoms with E-state index in [9.17, 15) is 14.4 Å². The summed E-state index contributed by atoms with van der Waals surface area (Å²) in [4.78, 5) is 39.7. The van der Waals surface area contributed by atoms with Crippen molar-refractivity contribution in [3.05, 3.63) is 23.3 Å². The monoisotopic (exact) mass is 470 g/mol. The third kappa shape index (κ3) is 2.48. The summed E-state index contributed by atoms with van der Waals surface area (Å²) in [5, 5.41) is 0. The third-order valence-corrected chi connectivity index (χ3v) is 10.5. The van der Waals surface area contributed by atoms with E-state index in [1.54, 1.807) is 6.08 Å². The number of hydrogen-bond donors (Lipinski definition) is 0. The van der Waals surface area contributed by atoms with E-state index < -0.39 is 34.4 Å². The minimum atomic E-state index is -0.958. The Bertz CT molecular complexity index is 1040. The molecule has 34 heavy (non-hydrogen) atoms. The van der Waals surface area contributed by atoms with Crippen LogP contribution in [0, 0.1) is 39.9 Å². The van der Waals surface area contributed by atoms with Crippen LogP contribution >= 0.6 is 0 Å². The highest BCUT2D eigenvalue weighted by Gasteiger charge is 2.77. The number of carbonyl (C=O) groups excluding carboxylic acids is 3. The summed E-state index contributed by atoms with van der Waals surface area (Å²) in [6.45, 7) is 9.66. The lowest BCUT2D eigenvalue weighted by Gasteiger charge is -2.59. The lowest BCUT2D eigenvalue weighted by atomic mass is 9.42. The van der Waals surface area contributed by atoms with Crippen LogP contribution in [0.3, 0.4) is 0 Å². The van der Waals surface area contributed by atoms with Gasteiger partial charge in [0, 0.05) is 23.4 Å². The maximum absolute atomic E-state index is 13.7. The van der Waals surface area contributed by atoms with Crippen LogP contribution in [0.2, 0.25) is 0 Å². The molecule has 6 aliphatic rings. The average Bonchev–Trinajstić information content (AvgIpc) is 3.54. The Kier molecular flexibility index (Phi) is 4.65. The predicted octanol–water partition coefficient (Wildman–Crippen LogP) is 3.02. The van der Waals surface area contributed by atoms with Gasteiger partial charge >= 0.3 is 11.9 Å². The zero-order valence-electron chi connectivity index (χ0n) is 20.6. The molecule has 6 rings (SSSR count). The van der Waals surface area contributed by atoms with Crippen molar-refractivity contribution >= 4 is 17.7 Å². The molecule has 0 spiro atoms. The summed E-state index contributed by atoms with van der Waals surface area (Å²) < 4.78 is 23.7. The molecular weight excluding hydrogens is 436 g/mol. The number of rotatable bonds is 3. The minimum absolute atomic E-state index is 0.0488. The van der Waals surface area contributed by atoms with Crippen LogP contribution in [-0.4, -0.2) is 56.4 Å². The Hall–Kier alpha value is -1.99. The summed E-state index contributed by atoms with van der Waals surface area (Å²) in [6, 6.07) is 0. The molecule has 1 saturated carbocycles. The molecule has 184 valence electrons. The molecule has 0 aromatic heterocycles. The zero-order valence-corrected chi connectivity index (χ0v) is 20.6. The SMILES string of the molecule is COC(=O)C[C@H]1[C@]2(C)C3=C(C)[C@H](C4CCOC4)C[C@@H]3O[C@@H]2[C@@H]2OC(=O)[C@]3(C)C=CC(=O)[C@@]1(C)C23. The molecule has 10 atom stereocenters. The van der Waals surface area contributed by atoms with Crippen molar-refractivity contribution in [2.75, 3.05) is 20.3 Å². The van der Waals surface area contributed by atoms with E-state index >= 15 is 0 Å². The fourth-order valence-corrected chi connectivity index (χ4v) is 8.99. The number of methoxy groups -OCH3 is 1. The largest absolute Gasteiger partial charge is 0.469 e. The Morgan fingerprint density at radius 1 is 1.21 bits per heavy atom. The lowest BCUT2D eigenvalue weighted by molar-refractivity contribution is -0.190. The summed E-state index contributed by atoms with van der Waals surface area (Å²) in [5.74, 6) is -0.655. The van der Waals surface area contributed by atoms with Gasteiger partial charge in [0.1, 0.15) is 12.2 Å². The second-order valence-corrected chi connectivity index (χ2v) is 11.8. The van der Waals surface area contributed by atoms with E-state index in [1.165, 1.54) is 24.3 Å². The fraction of sp³-hybridized carbons (Fsp3) is 0.741. The highest BCUT2D eigenvalue weighted by atomic mass is 16.6. The van der Waals surface area contributed by atoms with Crippen LogP contribution in [0.15, 0.2) is 23.3 Å². The summed E-state index contributed by atoms with van der Waals surface area (Å²) >= 11 is 0. The van der Waals surface area contributed by atoms with Crippen LogP contribution in [-0.2, 0) is 33.3 Å². The van der Waals surface area contributed by atoms with Gasteiger partial charge in [-0.05, 0) is 56.1 Å². The van der Waals surface area contributed by atoms with Gasteiger partial charge in [0.05, 0.1) is 31.7 Å². The Morgan fingerprint density at radius 3 is 2.65 bits per heavy atom. The van der Waals surface area contributed by atoms with Crippen molar-refractivity contribution < 1.29 is 33.3 Å². The summed E-state index contributed by atoms with van der Waals surface area (Å²) in [5.41, 5.74) is -0.000407. The van der Waals surface area contributed by atoms with Crippen LogP contribution in [0.4, 0.5) is 0 Å². The van der Waals surface area contributed by atoms with E-state index in [4.69, 9.17) is 18.9 Å². The quantitative estimate of drug-likeness (QED) is 0.463. The molecule has 0 radical (unpaired) electrons. The molecule has 3 aliphatic heterocycles. The van der Waals surface area contributed by atoms with Gasteiger partial charge in [0.25, 0.3) is 0 Å². The molecule has 3 heterocycles. The van der Waals surface area contributed by atoms with Gasteiger partial charge in [-0.15, -0.1) is 0 Å². The second kappa shape index (κ2) is 7.03. The molecule has 3 aliphatic carbocycles. The lowest BCUT2D eigenvalue weighted by Crippen LogP contribution is -2.66. The first-order chi connectivity index (χ1) is 16.1. The van der Waals surface area contributed by atoms with E-state index in [-0.39, 0.29) is 36.2 Å². The molecule has 0 N–H and O–H groups in total. The van der Waals surface area contributed by atoms with Gasteiger partial charge < -0.3 is 18.9 Å². The molecule has 0 aromatic rings. The highest BCUT2D eigenvalue weighted by Crippen LogP contribution is 2.71. The Morgan fingerprint density at radius 2 is 1.97 bits per heavy atom. The van der Waals surface area contributed by atoms with Gasteiger partial charge in [-0.1, -0.05) is 25.5 Å². The van der Waals surface area contributed by atoms with Crippen molar-refractivity contribution in [3.63, 3.8) is 0 Å². The third-order valence-electron chi connectivity index (χ3n) is 10.5. The second-order valence-electron chi connectivity index (χ2n) is 11.8. The van der Waals surface area contributed by atoms with Crippen molar-refractivity contribution in [1.82, 2.24) is 0 Å². The van der Waals surface area contributed by atoms with Crippen molar-refractivity contribution in [2.45, 2.75) is 65.3 Å². The minimum Gasteiger partial charge on any atom is -0.469 e. The Balaban J connectivity index is 1.54. The van der Waals surface area contributed by atoms with Gasteiger partial charge in [-0.3, -0.25) is 14.4 Å². The number of fused-ring (bicyclic) bond motifs is 4. The number of esters is 2. The first-order valence-corrected chi connectivity index (χ1v) is 12.5. The first-order valence-electron chi connectivity index (χ1n) is 12.5. The molecule has 0 amide bonds. The Labute approximate surface area is 200 Å². The maximum Gasteiger partial charge on any atom is 0.316 e. The maximum atomic E-state index is 13.7. The zero-order chi connectivity index (χ0) is 24.2. The van der Waals surface area contributed by atoms with E-state index in [1.807, 2.05) is 13.8 Å². The van der Waals surface area contributed by atoms with Gasteiger partial charge in [0.2, 0.25) is 0 Å². The number of allylic oxidation sites excluding steroid dienone is 2. The summed E-state index contributed by atoms with van der Waals surface area (Å²) in [7, 11) is 1.38. The number of ether oxygens (including phenoxy) is 4. The fourth-order valence-electron chi connectivity index (χ4n) is 8.99. The standard InChI is InChI=1S/C27H34O7/c1-13-15(14-7-9-32-12-14)10-16-20(13)27(4)17(11-19(29)31-5)26(3)18(28)6-8-25(2)22(26)21(23(27)33-16)34-24(25)30/h6,8,14-17,21-23H,7,9-12H2,1-5H3/t14?,15-,16+,17-,21-,22?,23-,25-,26+,27-/m1/s1. The van der Waals surface area contributed by atoms with Gasteiger partial charge in [-0.2, -0.15) is 0 Å². The van der Waals surface area contributed by atoms with Crippen LogP contribution in [0.5, 0.6) is 0 Å². The van der Waals surface area contributed by atoms with Crippen molar-refractivity contribution in [1.29, 1.82) is 0 Å². The van der Waals surface area contributed by atoms with Crippen molar-refractivity contribution in [3.8, 4) is 0 Å². The first kappa shape index (κ1) is 22.5. The molecule has 0 bridgehead atoms. The normalized spacial score (nSPS) is 50.8. The number of ketones is 1. The van der Waals surface area contributed by atoms with E-state index in [0.717, 1.165) is 26.1 Å². The van der Waals surface area contributed by atoms with Crippen LogP contribution < -0.4 is 0 Å². The average molecular weight is 471 g/mol. The smallest absolute Gasteiger partial charge is 0.316 e.